The zero-order chi connectivity index (χ0) is 14.0. The van der Waals surface area contributed by atoms with Gasteiger partial charge in [-0.3, -0.25) is 0 Å². The highest BCUT2D eigenvalue weighted by molar-refractivity contribution is 5.68. The molecule has 1 saturated heterocycles. The van der Waals surface area contributed by atoms with Crippen LogP contribution >= 0.6 is 0 Å². The molecule has 0 aromatic heterocycles. The van der Waals surface area contributed by atoms with Crippen molar-refractivity contribution >= 4 is 6.09 Å². The summed E-state index contributed by atoms with van der Waals surface area (Å²) in [7, 11) is 0. The van der Waals surface area contributed by atoms with Crippen LogP contribution in [0.2, 0.25) is 0 Å². The predicted molar refractivity (Wildman–Crippen MR) is 73.8 cm³/mol. The summed E-state index contributed by atoms with van der Waals surface area (Å²) in [6, 6.07) is 0. The second-order valence-electron chi connectivity index (χ2n) is 7.08. The van der Waals surface area contributed by atoms with Gasteiger partial charge in [0.05, 0.1) is 0 Å². The highest BCUT2D eigenvalue weighted by atomic mass is 16.6. The second-order valence-corrected chi connectivity index (χ2v) is 7.08. The Labute approximate surface area is 116 Å². The number of aliphatic hydroxyl groups is 1. The van der Waals surface area contributed by atoms with Crippen molar-refractivity contribution in [3.05, 3.63) is 0 Å². The van der Waals surface area contributed by atoms with Gasteiger partial charge in [-0.05, 0) is 64.2 Å². The Morgan fingerprint density at radius 1 is 1.26 bits per heavy atom. The van der Waals surface area contributed by atoms with Gasteiger partial charge >= 0.3 is 6.09 Å². The third-order valence-electron chi connectivity index (χ3n) is 4.21. The van der Waals surface area contributed by atoms with Gasteiger partial charge in [0, 0.05) is 19.7 Å². The molecule has 19 heavy (non-hydrogen) atoms. The maximum absolute atomic E-state index is 11.9. The summed E-state index contributed by atoms with van der Waals surface area (Å²) >= 11 is 0. The molecule has 4 nitrogen and oxygen atoms in total. The molecule has 1 amide bonds. The van der Waals surface area contributed by atoms with E-state index in [1.54, 1.807) is 0 Å². The van der Waals surface area contributed by atoms with Crippen LogP contribution in [0.5, 0.6) is 0 Å². The first-order valence-corrected chi connectivity index (χ1v) is 7.48. The fraction of sp³-hybridized carbons (Fsp3) is 0.933. The maximum Gasteiger partial charge on any atom is 0.410 e. The Kier molecular flexibility index (Phi) is 4.39. The minimum atomic E-state index is -0.406. The van der Waals surface area contributed by atoms with Crippen molar-refractivity contribution in [1.29, 1.82) is 0 Å². The van der Waals surface area contributed by atoms with Crippen molar-refractivity contribution < 1.29 is 14.6 Å². The molecular formula is C15H27NO3. The van der Waals surface area contributed by atoms with E-state index in [2.05, 4.69) is 0 Å². The Morgan fingerprint density at radius 3 is 2.37 bits per heavy atom. The van der Waals surface area contributed by atoms with Gasteiger partial charge in [0.2, 0.25) is 0 Å². The second kappa shape index (κ2) is 5.70. The number of rotatable bonds is 3. The summed E-state index contributed by atoms with van der Waals surface area (Å²) in [6.07, 6.45) is 4.41. The number of piperidine rings is 1. The quantitative estimate of drug-likeness (QED) is 0.857. The first-order valence-electron chi connectivity index (χ1n) is 7.48. The van der Waals surface area contributed by atoms with Crippen molar-refractivity contribution in [3.8, 4) is 0 Å². The summed E-state index contributed by atoms with van der Waals surface area (Å²) in [4.78, 5) is 13.8. The number of likely N-dealkylation sites (tertiary alicyclic amines) is 1. The summed E-state index contributed by atoms with van der Waals surface area (Å²) in [5.41, 5.74) is -0.406. The van der Waals surface area contributed by atoms with E-state index in [1.807, 2.05) is 25.7 Å². The van der Waals surface area contributed by atoms with E-state index in [9.17, 15) is 4.79 Å². The fourth-order valence-corrected chi connectivity index (χ4v) is 2.93. The lowest BCUT2D eigenvalue weighted by Crippen LogP contribution is -2.41. The summed E-state index contributed by atoms with van der Waals surface area (Å²) < 4.78 is 5.39. The fourth-order valence-electron chi connectivity index (χ4n) is 2.93. The van der Waals surface area contributed by atoms with Crippen LogP contribution in [0.4, 0.5) is 4.79 Å². The van der Waals surface area contributed by atoms with Gasteiger partial charge in [-0.1, -0.05) is 0 Å². The summed E-state index contributed by atoms with van der Waals surface area (Å²) in [5.74, 6) is 2.02. The SMILES string of the molecule is CC(C)(C)OC(=O)N1CCC(C[C@H]2C[C@@H]2CO)CC1. The lowest BCUT2D eigenvalue weighted by atomic mass is 9.91. The van der Waals surface area contributed by atoms with E-state index < -0.39 is 5.60 Å². The molecule has 1 heterocycles. The molecule has 1 saturated carbocycles. The van der Waals surface area contributed by atoms with E-state index in [-0.39, 0.29) is 6.09 Å². The molecule has 1 aliphatic carbocycles. The highest BCUT2D eigenvalue weighted by Gasteiger charge is 2.38. The molecule has 2 aliphatic rings. The van der Waals surface area contributed by atoms with Crippen LogP contribution in [0.15, 0.2) is 0 Å². The molecule has 2 rings (SSSR count). The first-order chi connectivity index (χ1) is 8.89. The Balaban J connectivity index is 1.69. The molecule has 1 N–H and O–H groups in total. The van der Waals surface area contributed by atoms with Gasteiger partial charge in [-0.2, -0.15) is 0 Å². The number of carbonyl (C=O) groups excluding carboxylic acids is 1. The van der Waals surface area contributed by atoms with Crippen molar-refractivity contribution in [1.82, 2.24) is 4.90 Å². The summed E-state index contributed by atoms with van der Waals surface area (Å²) in [6.45, 7) is 7.69. The van der Waals surface area contributed by atoms with Crippen molar-refractivity contribution in [2.24, 2.45) is 17.8 Å². The molecule has 0 radical (unpaired) electrons. The van der Waals surface area contributed by atoms with Crippen molar-refractivity contribution in [3.63, 3.8) is 0 Å². The third-order valence-corrected chi connectivity index (χ3v) is 4.21. The van der Waals surface area contributed by atoms with Gasteiger partial charge in [0.1, 0.15) is 5.60 Å². The molecule has 4 heteroatoms. The lowest BCUT2D eigenvalue weighted by Gasteiger charge is -2.33. The van der Waals surface area contributed by atoms with Gasteiger partial charge in [0.25, 0.3) is 0 Å². The van der Waals surface area contributed by atoms with Crippen LogP contribution in [0.25, 0.3) is 0 Å². The number of carbonyl (C=O) groups is 1. The molecule has 0 aromatic rings. The third kappa shape index (κ3) is 4.37. The van der Waals surface area contributed by atoms with Crippen LogP contribution in [-0.2, 0) is 4.74 Å². The molecule has 110 valence electrons. The van der Waals surface area contributed by atoms with E-state index >= 15 is 0 Å². The predicted octanol–water partition coefficient (Wildman–Crippen LogP) is 2.65. The van der Waals surface area contributed by atoms with Crippen LogP contribution in [0, 0.1) is 17.8 Å². The summed E-state index contributed by atoms with van der Waals surface area (Å²) in [5, 5.41) is 9.06. The van der Waals surface area contributed by atoms with Crippen LogP contribution in [0.1, 0.15) is 46.5 Å². The Bertz CT molecular complexity index is 316. The number of hydrogen-bond acceptors (Lipinski definition) is 3. The zero-order valence-corrected chi connectivity index (χ0v) is 12.4. The lowest BCUT2D eigenvalue weighted by molar-refractivity contribution is 0.0179. The van der Waals surface area contributed by atoms with Gasteiger partial charge in [-0.25, -0.2) is 4.79 Å². The van der Waals surface area contributed by atoms with Crippen LogP contribution < -0.4 is 0 Å². The van der Waals surface area contributed by atoms with Gasteiger partial charge < -0.3 is 14.7 Å². The molecule has 2 atom stereocenters. The topological polar surface area (TPSA) is 49.8 Å². The van der Waals surface area contributed by atoms with Crippen molar-refractivity contribution in [2.75, 3.05) is 19.7 Å². The Hall–Kier alpha value is -0.770. The highest BCUT2D eigenvalue weighted by Crippen LogP contribution is 2.44. The van der Waals surface area contributed by atoms with E-state index in [0.29, 0.717) is 12.5 Å². The largest absolute Gasteiger partial charge is 0.444 e. The van der Waals surface area contributed by atoms with Crippen molar-refractivity contribution in [2.45, 2.75) is 52.1 Å². The molecule has 0 bridgehead atoms. The number of nitrogens with zero attached hydrogens (tertiary/aromatic N) is 1. The monoisotopic (exact) mass is 269 g/mol. The molecule has 0 spiro atoms. The average molecular weight is 269 g/mol. The normalized spacial score (nSPS) is 28.3. The zero-order valence-electron chi connectivity index (χ0n) is 12.4. The number of hydrogen-bond donors (Lipinski definition) is 1. The smallest absolute Gasteiger partial charge is 0.410 e. The molecule has 1 aliphatic heterocycles. The Morgan fingerprint density at radius 2 is 1.89 bits per heavy atom. The number of aliphatic hydroxyl groups excluding tert-OH is 1. The van der Waals surface area contributed by atoms with Gasteiger partial charge in [-0.15, -0.1) is 0 Å². The van der Waals surface area contributed by atoms with Crippen LogP contribution in [0.3, 0.4) is 0 Å². The molecule has 2 fully saturated rings. The molecular weight excluding hydrogens is 242 g/mol. The number of ether oxygens (including phenoxy) is 1. The molecule has 0 aromatic carbocycles. The molecule has 0 unspecified atom stereocenters. The number of amides is 1. The average Bonchev–Trinajstić information content (AvgIpc) is 3.06. The van der Waals surface area contributed by atoms with E-state index in [4.69, 9.17) is 9.84 Å². The first kappa shape index (κ1) is 14.6. The van der Waals surface area contributed by atoms with Crippen LogP contribution in [-0.4, -0.2) is 41.4 Å². The van der Waals surface area contributed by atoms with E-state index in [0.717, 1.165) is 37.8 Å². The minimum Gasteiger partial charge on any atom is -0.444 e. The van der Waals surface area contributed by atoms with Gasteiger partial charge in [0.15, 0.2) is 0 Å². The van der Waals surface area contributed by atoms with E-state index in [1.165, 1.54) is 12.8 Å². The standard InChI is InChI=1S/C15H27NO3/c1-15(2,3)19-14(18)16-6-4-11(5-7-16)8-12-9-13(12)10-17/h11-13,17H,4-10H2,1-3H3/t12-,13+/m0/s1. The maximum atomic E-state index is 11.9. The minimum absolute atomic E-state index is 0.175.